The lowest BCUT2D eigenvalue weighted by atomic mass is 9.70. The van der Waals surface area contributed by atoms with Gasteiger partial charge < -0.3 is 8.83 Å². The molecule has 2 aliphatic carbocycles. The second-order valence-corrected chi connectivity index (χ2v) is 17.1. The summed E-state index contributed by atoms with van der Waals surface area (Å²) in [4.78, 5) is 16.0. The van der Waals surface area contributed by atoms with E-state index >= 15 is 0 Å². The number of para-hydroxylation sites is 3. The molecule has 6 nitrogen and oxygen atoms in total. The Kier molecular flexibility index (Phi) is 6.53. The van der Waals surface area contributed by atoms with E-state index in [1.807, 2.05) is 48.5 Å². The van der Waals surface area contributed by atoms with Crippen LogP contribution in [0.3, 0.4) is 0 Å². The van der Waals surface area contributed by atoms with Crippen molar-refractivity contribution in [2.24, 2.45) is 0 Å². The first-order chi connectivity index (χ1) is 31.7. The number of benzene rings is 9. The van der Waals surface area contributed by atoms with Crippen LogP contribution in [0, 0.1) is 0 Å². The molecule has 0 radical (unpaired) electrons. The zero-order valence-corrected chi connectivity index (χ0v) is 34.1. The van der Waals surface area contributed by atoms with Crippen LogP contribution in [0.25, 0.3) is 117 Å². The Labute approximate surface area is 365 Å². The minimum atomic E-state index is -0.464. The van der Waals surface area contributed by atoms with Gasteiger partial charge in [-0.2, -0.15) is 9.97 Å². The first-order valence-electron chi connectivity index (χ1n) is 21.7. The summed E-state index contributed by atoms with van der Waals surface area (Å²) in [6.45, 7) is 0. The highest BCUT2D eigenvalue weighted by Gasteiger charge is 2.51. The molecule has 13 aromatic rings. The maximum absolute atomic E-state index is 6.39. The van der Waals surface area contributed by atoms with Crippen molar-refractivity contribution in [1.82, 2.24) is 19.5 Å². The molecule has 296 valence electrons. The van der Waals surface area contributed by atoms with Crippen molar-refractivity contribution in [2.45, 2.75) is 5.41 Å². The van der Waals surface area contributed by atoms with Crippen LogP contribution in [0.5, 0.6) is 0 Å². The van der Waals surface area contributed by atoms with Crippen LogP contribution in [-0.4, -0.2) is 19.5 Å². The van der Waals surface area contributed by atoms with Crippen molar-refractivity contribution in [3.63, 3.8) is 0 Å². The third-order valence-electron chi connectivity index (χ3n) is 13.9. The molecular weight excluding hydrogens is 785 g/mol. The van der Waals surface area contributed by atoms with E-state index in [0.717, 1.165) is 76.8 Å². The van der Waals surface area contributed by atoms with Crippen molar-refractivity contribution in [3.05, 3.63) is 216 Å². The smallest absolute Gasteiger partial charge is 0.238 e. The van der Waals surface area contributed by atoms with Gasteiger partial charge in [-0.15, -0.1) is 0 Å². The van der Waals surface area contributed by atoms with Gasteiger partial charge in [-0.1, -0.05) is 140 Å². The molecule has 0 atom stereocenters. The van der Waals surface area contributed by atoms with E-state index in [-0.39, 0.29) is 0 Å². The van der Waals surface area contributed by atoms with Crippen molar-refractivity contribution >= 4 is 65.7 Å². The number of fused-ring (bicyclic) bond motifs is 19. The van der Waals surface area contributed by atoms with Crippen LogP contribution in [-0.2, 0) is 5.41 Å². The van der Waals surface area contributed by atoms with Gasteiger partial charge in [0.1, 0.15) is 22.3 Å². The van der Waals surface area contributed by atoms with Crippen LogP contribution in [0.2, 0.25) is 0 Å². The third kappa shape index (κ3) is 4.36. The van der Waals surface area contributed by atoms with E-state index in [1.165, 1.54) is 44.5 Å². The molecule has 0 amide bonds. The molecule has 4 aromatic heterocycles. The Balaban J connectivity index is 1.01. The molecule has 0 N–H and O–H groups in total. The summed E-state index contributed by atoms with van der Waals surface area (Å²) >= 11 is 0. The van der Waals surface area contributed by atoms with Gasteiger partial charge in [0.15, 0.2) is 11.6 Å². The highest BCUT2D eigenvalue weighted by Crippen LogP contribution is 2.63. The normalized spacial score (nSPS) is 13.4. The first-order valence-corrected chi connectivity index (χ1v) is 21.7. The molecule has 2 aliphatic rings. The summed E-state index contributed by atoms with van der Waals surface area (Å²) in [5.41, 5.74) is 16.7. The Morgan fingerprint density at radius 1 is 0.328 bits per heavy atom. The number of hydrogen-bond acceptors (Lipinski definition) is 5. The molecule has 9 aromatic carbocycles. The van der Waals surface area contributed by atoms with E-state index < -0.39 is 5.41 Å². The maximum atomic E-state index is 6.39. The van der Waals surface area contributed by atoms with Crippen molar-refractivity contribution in [2.75, 3.05) is 0 Å². The summed E-state index contributed by atoms with van der Waals surface area (Å²) in [6, 6.07) is 69.1. The van der Waals surface area contributed by atoms with Gasteiger partial charge in [0.05, 0.1) is 16.4 Å². The van der Waals surface area contributed by atoms with Gasteiger partial charge >= 0.3 is 0 Å². The standard InChI is InChI=1S/C58H32N4O2/c1-7-19-45-35(13-1)36-14-2-8-20-46(36)58(45)47-21-9-3-15-37(47)43-32-50-44(31-48(43)58)38-16-4-10-22-49(38)62(50)57-60-55(33-25-27-41-39-17-5-11-23-51(39)63-53(41)29-33)59-56(61-57)34-26-28-42-40-18-6-12-24-52(40)64-54(42)30-34/h1-32H. The fourth-order valence-electron chi connectivity index (χ4n) is 11.2. The second kappa shape index (κ2) is 12.3. The van der Waals surface area contributed by atoms with Crippen molar-refractivity contribution in [1.29, 1.82) is 0 Å². The van der Waals surface area contributed by atoms with Gasteiger partial charge in [-0.25, -0.2) is 4.98 Å². The fourth-order valence-corrected chi connectivity index (χ4v) is 11.2. The largest absolute Gasteiger partial charge is 0.456 e. The quantitative estimate of drug-likeness (QED) is 0.178. The molecular formula is C58H32N4O2. The lowest BCUT2D eigenvalue weighted by Gasteiger charge is -2.30. The molecule has 0 unspecified atom stereocenters. The average molecular weight is 817 g/mol. The lowest BCUT2D eigenvalue weighted by Crippen LogP contribution is -2.25. The van der Waals surface area contributed by atoms with Crippen LogP contribution in [0.1, 0.15) is 22.3 Å². The Morgan fingerprint density at radius 3 is 1.38 bits per heavy atom. The highest BCUT2D eigenvalue weighted by atomic mass is 16.3. The summed E-state index contributed by atoms with van der Waals surface area (Å²) in [6.07, 6.45) is 0. The van der Waals surface area contributed by atoms with Gasteiger partial charge in [0.2, 0.25) is 5.95 Å². The van der Waals surface area contributed by atoms with E-state index in [4.69, 9.17) is 23.8 Å². The molecule has 4 heterocycles. The molecule has 64 heavy (non-hydrogen) atoms. The number of aromatic nitrogens is 4. The SMILES string of the molecule is c1ccc2c(c1)-c1ccccc1C21c2ccccc2-c2cc3c(cc21)c1ccccc1n3-c1nc(-c2ccc3c(c2)oc2ccccc23)nc(-c2ccc3c(c2)oc2ccccc23)n1. The molecule has 6 heteroatoms. The number of rotatable bonds is 3. The maximum Gasteiger partial charge on any atom is 0.238 e. The van der Waals surface area contributed by atoms with Gasteiger partial charge in [-0.3, -0.25) is 4.57 Å². The molecule has 0 bridgehead atoms. The summed E-state index contributed by atoms with van der Waals surface area (Å²) in [5.74, 6) is 1.61. The van der Waals surface area contributed by atoms with Crippen molar-refractivity contribution in [3.8, 4) is 51.0 Å². The van der Waals surface area contributed by atoms with E-state index in [1.54, 1.807) is 0 Å². The highest BCUT2D eigenvalue weighted by molar-refractivity contribution is 6.12. The van der Waals surface area contributed by atoms with Crippen molar-refractivity contribution < 1.29 is 8.83 Å². The van der Waals surface area contributed by atoms with Gasteiger partial charge in [0.25, 0.3) is 0 Å². The van der Waals surface area contributed by atoms with Gasteiger partial charge in [0, 0.05) is 43.4 Å². The second-order valence-electron chi connectivity index (χ2n) is 17.1. The Bertz CT molecular complexity index is 3990. The molecule has 0 aliphatic heterocycles. The third-order valence-corrected chi connectivity index (χ3v) is 13.9. The molecule has 15 rings (SSSR count). The minimum Gasteiger partial charge on any atom is -0.456 e. The zero-order chi connectivity index (χ0) is 41.7. The molecule has 1 spiro atoms. The van der Waals surface area contributed by atoms with Gasteiger partial charge in [-0.05, 0) is 99.1 Å². The minimum absolute atomic E-state index is 0.464. The van der Waals surface area contributed by atoms with Crippen LogP contribution < -0.4 is 0 Å². The Morgan fingerprint density at radius 2 is 0.797 bits per heavy atom. The van der Waals surface area contributed by atoms with Crippen LogP contribution >= 0.6 is 0 Å². The predicted octanol–water partition coefficient (Wildman–Crippen LogP) is 14.4. The van der Waals surface area contributed by atoms with E-state index in [2.05, 4.69) is 150 Å². The average Bonchev–Trinajstić information content (AvgIpc) is 4.14. The Hall–Kier alpha value is -8.61. The number of hydrogen-bond donors (Lipinski definition) is 0. The van der Waals surface area contributed by atoms with Crippen LogP contribution in [0.4, 0.5) is 0 Å². The molecule has 0 fully saturated rings. The number of furan rings is 2. The number of nitrogens with zero attached hydrogens (tertiary/aromatic N) is 4. The molecule has 0 saturated heterocycles. The summed E-state index contributed by atoms with van der Waals surface area (Å²) < 4.78 is 15.0. The van der Waals surface area contributed by atoms with E-state index in [0.29, 0.717) is 17.6 Å². The first kappa shape index (κ1) is 34.0. The summed E-state index contributed by atoms with van der Waals surface area (Å²) in [5, 5.41) is 6.51. The van der Waals surface area contributed by atoms with Crippen LogP contribution in [0.15, 0.2) is 203 Å². The monoisotopic (exact) mass is 816 g/mol. The van der Waals surface area contributed by atoms with E-state index in [9.17, 15) is 0 Å². The lowest BCUT2D eigenvalue weighted by molar-refractivity contribution is 0.668. The molecule has 0 saturated carbocycles. The summed E-state index contributed by atoms with van der Waals surface area (Å²) in [7, 11) is 0. The topological polar surface area (TPSA) is 69.9 Å². The zero-order valence-electron chi connectivity index (χ0n) is 34.1. The predicted molar refractivity (Wildman–Crippen MR) is 256 cm³/mol. The fraction of sp³-hybridized carbons (Fsp3) is 0.0172.